The predicted molar refractivity (Wildman–Crippen MR) is 79.7 cm³/mol. The van der Waals surface area contributed by atoms with Crippen molar-refractivity contribution in [3.8, 4) is 11.8 Å². The maximum Gasteiger partial charge on any atom is 0.243 e. The molecule has 1 aromatic carbocycles. The molecule has 0 aliphatic rings. The lowest BCUT2D eigenvalue weighted by molar-refractivity contribution is 0.257. The van der Waals surface area contributed by atoms with Crippen LogP contribution in [-0.2, 0) is 10.0 Å². The van der Waals surface area contributed by atoms with Crippen LogP contribution >= 0.6 is 0 Å². The summed E-state index contributed by atoms with van der Waals surface area (Å²) in [5.41, 5.74) is 0.240. The smallest absolute Gasteiger partial charge is 0.243 e. The van der Waals surface area contributed by atoms with Gasteiger partial charge in [0.1, 0.15) is 6.61 Å². The number of benzene rings is 1. The molecule has 4 nitrogen and oxygen atoms in total. The molecule has 0 saturated carbocycles. The van der Waals surface area contributed by atoms with Gasteiger partial charge in [-0.2, -0.15) is 4.31 Å². The molecule has 1 rings (SSSR count). The standard InChI is InChI=1S/C15H21NO3S/c1-5-15(2,3)16(4)20(18,19)14-10-8-13(9-11-14)7-6-12-17/h8-11,17H,5,12H2,1-4H3. The van der Waals surface area contributed by atoms with E-state index in [9.17, 15) is 8.42 Å². The van der Waals surface area contributed by atoms with Crippen LogP contribution in [0.1, 0.15) is 32.8 Å². The van der Waals surface area contributed by atoms with Crippen LogP contribution in [0.5, 0.6) is 0 Å². The van der Waals surface area contributed by atoms with Gasteiger partial charge in [-0.05, 0) is 44.5 Å². The first-order chi connectivity index (χ1) is 9.25. The molecule has 0 atom stereocenters. The minimum atomic E-state index is -3.51. The third-order valence-corrected chi connectivity index (χ3v) is 5.63. The van der Waals surface area contributed by atoms with E-state index in [-0.39, 0.29) is 11.5 Å². The fourth-order valence-electron chi connectivity index (χ4n) is 1.56. The molecule has 0 unspecified atom stereocenters. The van der Waals surface area contributed by atoms with Crippen molar-refractivity contribution < 1.29 is 13.5 Å². The molecule has 0 aliphatic heterocycles. The SMILES string of the molecule is CCC(C)(C)N(C)S(=O)(=O)c1ccc(C#CCO)cc1. The van der Waals surface area contributed by atoms with Crippen LogP contribution in [0.2, 0.25) is 0 Å². The molecule has 0 radical (unpaired) electrons. The summed E-state index contributed by atoms with van der Waals surface area (Å²) in [5, 5.41) is 8.62. The van der Waals surface area contributed by atoms with Crippen molar-refractivity contribution in [1.82, 2.24) is 4.31 Å². The quantitative estimate of drug-likeness (QED) is 0.862. The van der Waals surface area contributed by atoms with Gasteiger partial charge >= 0.3 is 0 Å². The van der Waals surface area contributed by atoms with E-state index in [0.717, 1.165) is 6.42 Å². The first-order valence-electron chi connectivity index (χ1n) is 6.44. The molecule has 20 heavy (non-hydrogen) atoms. The van der Waals surface area contributed by atoms with Crippen molar-refractivity contribution in [3.63, 3.8) is 0 Å². The van der Waals surface area contributed by atoms with E-state index in [1.165, 1.54) is 4.31 Å². The van der Waals surface area contributed by atoms with Gasteiger partial charge < -0.3 is 5.11 Å². The van der Waals surface area contributed by atoms with E-state index in [4.69, 9.17) is 5.11 Å². The van der Waals surface area contributed by atoms with Gasteiger partial charge in [0.15, 0.2) is 0 Å². The molecule has 1 N–H and O–H groups in total. The van der Waals surface area contributed by atoms with Crippen LogP contribution in [0, 0.1) is 11.8 Å². The molecule has 0 fully saturated rings. The number of aliphatic hydroxyl groups excluding tert-OH is 1. The number of hydrogen-bond acceptors (Lipinski definition) is 3. The molecule has 5 heteroatoms. The first kappa shape index (κ1) is 16.7. The zero-order valence-electron chi connectivity index (χ0n) is 12.3. The Morgan fingerprint density at radius 3 is 2.25 bits per heavy atom. The topological polar surface area (TPSA) is 57.6 Å². The summed E-state index contributed by atoms with van der Waals surface area (Å²) in [5.74, 6) is 5.26. The molecule has 0 amide bonds. The molecule has 0 aromatic heterocycles. The van der Waals surface area contributed by atoms with Crippen LogP contribution in [0.4, 0.5) is 0 Å². The van der Waals surface area contributed by atoms with Gasteiger partial charge in [-0.25, -0.2) is 8.42 Å². The maximum absolute atomic E-state index is 12.5. The molecule has 1 aromatic rings. The lowest BCUT2D eigenvalue weighted by Crippen LogP contribution is -2.44. The Balaban J connectivity index is 3.11. The van der Waals surface area contributed by atoms with Crippen LogP contribution in [0.25, 0.3) is 0 Å². The number of rotatable bonds is 4. The normalized spacial score (nSPS) is 12.1. The van der Waals surface area contributed by atoms with Crippen LogP contribution in [0.15, 0.2) is 29.2 Å². The third kappa shape index (κ3) is 3.60. The summed E-state index contributed by atoms with van der Waals surface area (Å²) in [6.45, 7) is 5.53. The molecule has 0 heterocycles. The Morgan fingerprint density at radius 2 is 1.80 bits per heavy atom. The average molecular weight is 295 g/mol. The Bertz CT molecular complexity index is 607. The summed E-state index contributed by atoms with van der Waals surface area (Å²) >= 11 is 0. The highest BCUT2D eigenvalue weighted by Gasteiger charge is 2.32. The van der Waals surface area contributed by atoms with Gasteiger partial charge in [0.2, 0.25) is 10.0 Å². The molecular formula is C15H21NO3S. The van der Waals surface area contributed by atoms with Crippen molar-refractivity contribution in [2.75, 3.05) is 13.7 Å². The zero-order chi connectivity index (χ0) is 15.4. The Labute approximate surface area is 121 Å². The first-order valence-corrected chi connectivity index (χ1v) is 7.88. The second-order valence-electron chi connectivity index (χ2n) is 5.12. The highest BCUT2D eigenvalue weighted by molar-refractivity contribution is 7.89. The van der Waals surface area contributed by atoms with E-state index in [2.05, 4.69) is 11.8 Å². The Morgan fingerprint density at radius 1 is 1.25 bits per heavy atom. The lowest BCUT2D eigenvalue weighted by atomic mass is 10.0. The van der Waals surface area contributed by atoms with E-state index in [1.807, 2.05) is 20.8 Å². The monoisotopic (exact) mass is 295 g/mol. The average Bonchev–Trinajstić information content (AvgIpc) is 2.44. The van der Waals surface area contributed by atoms with Crippen LogP contribution in [-0.4, -0.2) is 37.0 Å². The van der Waals surface area contributed by atoms with Gasteiger partial charge in [-0.1, -0.05) is 18.8 Å². The Hall–Kier alpha value is -1.35. The predicted octanol–water partition coefficient (Wildman–Crippen LogP) is 1.84. The van der Waals surface area contributed by atoms with Crippen LogP contribution < -0.4 is 0 Å². The number of nitrogens with zero attached hydrogens (tertiary/aromatic N) is 1. The second-order valence-corrected chi connectivity index (χ2v) is 7.09. The maximum atomic E-state index is 12.5. The molecule has 110 valence electrons. The number of aliphatic hydroxyl groups is 1. The zero-order valence-corrected chi connectivity index (χ0v) is 13.2. The highest BCUT2D eigenvalue weighted by Crippen LogP contribution is 2.25. The van der Waals surface area contributed by atoms with Crippen molar-refractivity contribution in [2.24, 2.45) is 0 Å². The van der Waals surface area contributed by atoms with Crippen molar-refractivity contribution >= 4 is 10.0 Å². The van der Waals surface area contributed by atoms with Gasteiger partial charge in [-0.3, -0.25) is 0 Å². The van der Waals surface area contributed by atoms with Gasteiger partial charge in [-0.15, -0.1) is 0 Å². The Kier molecular flexibility index (Phi) is 5.35. The third-order valence-electron chi connectivity index (χ3n) is 3.54. The molecule has 0 aliphatic carbocycles. The minimum Gasteiger partial charge on any atom is -0.384 e. The summed E-state index contributed by atoms with van der Waals surface area (Å²) in [4.78, 5) is 0.246. The largest absolute Gasteiger partial charge is 0.384 e. The number of sulfonamides is 1. The summed E-state index contributed by atoms with van der Waals surface area (Å²) in [6.07, 6.45) is 0.725. The molecule has 0 spiro atoms. The van der Waals surface area contributed by atoms with Gasteiger partial charge in [0, 0.05) is 18.2 Å². The second kappa shape index (κ2) is 6.40. The minimum absolute atomic E-state index is 0.215. The van der Waals surface area contributed by atoms with E-state index >= 15 is 0 Å². The fourth-order valence-corrected chi connectivity index (χ4v) is 3.13. The summed E-state index contributed by atoms with van der Waals surface area (Å²) in [7, 11) is -1.91. The summed E-state index contributed by atoms with van der Waals surface area (Å²) in [6, 6.07) is 6.36. The van der Waals surface area contributed by atoms with Crippen LogP contribution in [0.3, 0.4) is 0 Å². The van der Waals surface area contributed by atoms with Crippen molar-refractivity contribution in [3.05, 3.63) is 29.8 Å². The molecule has 0 saturated heterocycles. The fraction of sp³-hybridized carbons (Fsp3) is 0.467. The van der Waals surface area contributed by atoms with Gasteiger partial charge in [0.25, 0.3) is 0 Å². The van der Waals surface area contributed by atoms with Crippen molar-refractivity contribution in [2.45, 2.75) is 37.6 Å². The number of hydrogen-bond donors (Lipinski definition) is 1. The van der Waals surface area contributed by atoms with Gasteiger partial charge in [0.05, 0.1) is 4.90 Å². The molecular weight excluding hydrogens is 274 g/mol. The highest BCUT2D eigenvalue weighted by atomic mass is 32.2. The van der Waals surface area contributed by atoms with E-state index in [1.54, 1.807) is 31.3 Å². The van der Waals surface area contributed by atoms with Crippen molar-refractivity contribution in [1.29, 1.82) is 0 Å². The van der Waals surface area contributed by atoms with E-state index < -0.39 is 15.6 Å². The lowest BCUT2D eigenvalue weighted by Gasteiger charge is -2.33. The molecule has 0 bridgehead atoms. The van der Waals surface area contributed by atoms with E-state index in [0.29, 0.717) is 5.56 Å². The summed E-state index contributed by atoms with van der Waals surface area (Å²) < 4.78 is 26.4.